The lowest BCUT2D eigenvalue weighted by molar-refractivity contribution is 0.147. The van der Waals surface area contributed by atoms with Gasteiger partial charge in [-0.3, -0.25) is 4.90 Å². The lowest BCUT2D eigenvalue weighted by Gasteiger charge is -2.37. The Kier molecular flexibility index (Phi) is 3.37. The van der Waals surface area contributed by atoms with Gasteiger partial charge < -0.3 is 0 Å². The van der Waals surface area contributed by atoms with Crippen LogP contribution in [0.25, 0.3) is 0 Å². The zero-order chi connectivity index (χ0) is 11.0. The second kappa shape index (κ2) is 4.79. The van der Waals surface area contributed by atoms with E-state index in [1.165, 1.54) is 44.2 Å². The van der Waals surface area contributed by atoms with Gasteiger partial charge in [-0.15, -0.1) is 0 Å². The zero-order valence-corrected chi connectivity index (χ0v) is 11.8. The highest BCUT2D eigenvalue weighted by atomic mass is 79.9. The van der Waals surface area contributed by atoms with Crippen LogP contribution in [0.4, 0.5) is 0 Å². The van der Waals surface area contributed by atoms with Crippen molar-refractivity contribution in [3.63, 3.8) is 0 Å². The van der Waals surface area contributed by atoms with E-state index in [2.05, 4.69) is 37.7 Å². The molecule has 88 valence electrons. The fourth-order valence-corrected chi connectivity index (χ4v) is 4.83. The van der Waals surface area contributed by atoms with Crippen molar-refractivity contribution in [1.82, 2.24) is 4.90 Å². The van der Waals surface area contributed by atoms with Gasteiger partial charge in [0.05, 0.1) is 0 Å². The number of thiophene rings is 1. The van der Waals surface area contributed by atoms with Crippen LogP contribution in [0.15, 0.2) is 16.8 Å². The third kappa shape index (κ3) is 2.22. The smallest absolute Gasteiger partial charge is 0.0175 e. The molecule has 0 aliphatic carbocycles. The van der Waals surface area contributed by atoms with Gasteiger partial charge in [0.15, 0.2) is 0 Å². The van der Waals surface area contributed by atoms with Crippen LogP contribution in [0.1, 0.15) is 31.2 Å². The van der Waals surface area contributed by atoms with E-state index < -0.39 is 0 Å². The largest absolute Gasteiger partial charge is 0.297 e. The Morgan fingerprint density at radius 1 is 1.31 bits per heavy atom. The summed E-state index contributed by atoms with van der Waals surface area (Å²) in [4.78, 5) is 3.55. The molecule has 2 aliphatic heterocycles. The van der Waals surface area contributed by atoms with E-state index in [9.17, 15) is 0 Å². The van der Waals surface area contributed by atoms with Crippen LogP contribution in [0.3, 0.4) is 0 Å². The Morgan fingerprint density at radius 3 is 2.69 bits per heavy atom. The van der Waals surface area contributed by atoms with Crippen molar-refractivity contribution in [1.29, 1.82) is 0 Å². The number of fused-ring (bicyclic) bond motifs is 2. The number of halogens is 1. The van der Waals surface area contributed by atoms with Crippen molar-refractivity contribution in [2.45, 2.75) is 49.0 Å². The van der Waals surface area contributed by atoms with Crippen LogP contribution >= 0.6 is 27.3 Å². The summed E-state index contributed by atoms with van der Waals surface area (Å²) in [5.74, 6) is 0. The van der Waals surface area contributed by atoms with Crippen molar-refractivity contribution < 1.29 is 0 Å². The van der Waals surface area contributed by atoms with Gasteiger partial charge in [-0.1, -0.05) is 15.9 Å². The minimum atomic E-state index is 0.780. The van der Waals surface area contributed by atoms with Gasteiger partial charge in [-0.2, -0.15) is 11.3 Å². The summed E-state index contributed by atoms with van der Waals surface area (Å²) in [6.45, 7) is 1.27. The van der Waals surface area contributed by atoms with Crippen LogP contribution in [0, 0.1) is 0 Å². The Balaban J connectivity index is 1.59. The van der Waals surface area contributed by atoms with Crippen LogP contribution < -0.4 is 0 Å². The molecule has 2 atom stereocenters. The van der Waals surface area contributed by atoms with E-state index in [1.54, 1.807) is 0 Å². The molecule has 2 bridgehead atoms. The van der Waals surface area contributed by atoms with Crippen molar-refractivity contribution in [2.24, 2.45) is 0 Å². The topological polar surface area (TPSA) is 3.24 Å². The average molecular weight is 300 g/mol. The van der Waals surface area contributed by atoms with E-state index in [4.69, 9.17) is 0 Å². The van der Waals surface area contributed by atoms with E-state index in [0.717, 1.165) is 16.9 Å². The first-order valence-electron chi connectivity index (χ1n) is 6.24. The molecular formula is C13H18BrNS. The number of hydrogen-bond acceptors (Lipinski definition) is 2. The fraction of sp³-hybridized carbons (Fsp3) is 0.692. The summed E-state index contributed by atoms with van der Waals surface area (Å²) in [6, 6.07) is 3.99. The van der Waals surface area contributed by atoms with Gasteiger partial charge in [-0.05, 0) is 54.5 Å². The number of rotatable bonds is 3. The van der Waals surface area contributed by atoms with Gasteiger partial charge in [-0.25, -0.2) is 0 Å². The molecule has 1 aromatic heterocycles. The van der Waals surface area contributed by atoms with Gasteiger partial charge in [0.25, 0.3) is 0 Å². The number of hydrogen-bond donors (Lipinski definition) is 0. The van der Waals surface area contributed by atoms with Crippen molar-refractivity contribution in [2.75, 3.05) is 6.54 Å². The van der Waals surface area contributed by atoms with Crippen molar-refractivity contribution in [3.8, 4) is 0 Å². The summed E-state index contributed by atoms with van der Waals surface area (Å²) in [7, 11) is 0. The van der Waals surface area contributed by atoms with E-state index in [0.29, 0.717) is 0 Å². The lowest BCUT2D eigenvalue weighted by Crippen LogP contribution is -2.44. The Bertz CT molecular complexity index is 324. The molecule has 3 heterocycles. The summed E-state index contributed by atoms with van der Waals surface area (Å²) in [5.41, 5.74) is 1.52. The van der Waals surface area contributed by atoms with Crippen molar-refractivity contribution >= 4 is 27.3 Å². The summed E-state index contributed by atoms with van der Waals surface area (Å²) in [5, 5.41) is 4.48. The molecule has 0 spiro atoms. The molecule has 3 heteroatoms. The summed E-state index contributed by atoms with van der Waals surface area (Å²) in [6.07, 6.45) is 6.82. The molecule has 2 saturated heterocycles. The van der Waals surface area contributed by atoms with Gasteiger partial charge >= 0.3 is 0 Å². The van der Waals surface area contributed by atoms with Gasteiger partial charge in [0.2, 0.25) is 0 Å². The predicted octanol–water partition coefficient (Wildman–Crippen LogP) is 3.68. The highest BCUT2D eigenvalue weighted by molar-refractivity contribution is 9.09. The maximum Gasteiger partial charge on any atom is 0.0175 e. The van der Waals surface area contributed by atoms with Crippen LogP contribution in [0.2, 0.25) is 0 Å². The summed E-state index contributed by atoms with van der Waals surface area (Å²) < 4.78 is 0. The predicted molar refractivity (Wildman–Crippen MR) is 73.5 cm³/mol. The molecule has 0 aromatic carbocycles. The second-order valence-corrected chi connectivity index (χ2v) is 7.15. The number of piperidine rings is 1. The Morgan fingerprint density at radius 2 is 2.06 bits per heavy atom. The monoisotopic (exact) mass is 299 g/mol. The molecule has 2 aliphatic rings. The molecule has 0 amide bonds. The molecule has 2 unspecified atom stereocenters. The van der Waals surface area contributed by atoms with Crippen molar-refractivity contribution in [3.05, 3.63) is 22.4 Å². The second-order valence-electron chi connectivity index (χ2n) is 5.07. The van der Waals surface area contributed by atoms with Gasteiger partial charge in [0.1, 0.15) is 0 Å². The molecule has 0 N–H and O–H groups in total. The van der Waals surface area contributed by atoms with Crippen LogP contribution in [-0.2, 0) is 6.42 Å². The first kappa shape index (κ1) is 11.2. The SMILES string of the molecule is BrC1CC2CCC(C1)N2CCc1ccsc1. The van der Waals surface area contributed by atoms with Gasteiger partial charge in [0, 0.05) is 23.5 Å². The first-order chi connectivity index (χ1) is 7.83. The van der Waals surface area contributed by atoms with Crippen LogP contribution in [0.5, 0.6) is 0 Å². The van der Waals surface area contributed by atoms with E-state index in [1.807, 2.05) is 11.3 Å². The van der Waals surface area contributed by atoms with E-state index in [-0.39, 0.29) is 0 Å². The quantitative estimate of drug-likeness (QED) is 0.770. The maximum absolute atomic E-state index is 3.80. The molecule has 2 fully saturated rings. The number of alkyl halides is 1. The number of nitrogens with zero attached hydrogens (tertiary/aromatic N) is 1. The fourth-order valence-electron chi connectivity index (χ4n) is 3.27. The first-order valence-corrected chi connectivity index (χ1v) is 8.09. The molecule has 16 heavy (non-hydrogen) atoms. The third-order valence-corrected chi connectivity index (χ3v) is 5.55. The normalized spacial score (nSPS) is 34.4. The minimum absolute atomic E-state index is 0.780. The molecule has 1 aromatic rings. The molecule has 3 rings (SSSR count). The third-order valence-electron chi connectivity index (χ3n) is 4.07. The molecule has 1 nitrogen and oxygen atoms in total. The lowest BCUT2D eigenvalue weighted by atomic mass is 10.0. The van der Waals surface area contributed by atoms with Crippen LogP contribution in [-0.4, -0.2) is 28.4 Å². The summed E-state index contributed by atoms with van der Waals surface area (Å²) >= 11 is 5.62. The minimum Gasteiger partial charge on any atom is -0.297 e. The zero-order valence-electron chi connectivity index (χ0n) is 9.44. The maximum atomic E-state index is 3.80. The average Bonchev–Trinajstić information content (AvgIpc) is 2.83. The Labute approximate surface area is 110 Å². The standard InChI is InChI=1S/C13H18BrNS/c14-11-7-12-1-2-13(8-11)15(12)5-3-10-4-6-16-9-10/h4,6,9,11-13H,1-3,5,7-8H2. The highest BCUT2D eigenvalue weighted by Crippen LogP contribution is 2.38. The molecule has 0 radical (unpaired) electrons. The van der Waals surface area contributed by atoms with E-state index >= 15 is 0 Å². The highest BCUT2D eigenvalue weighted by Gasteiger charge is 2.39. The molecule has 0 saturated carbocycles. The Hall–Kier alpha value is 0.140. The molecular weight excluding hydrogens is 282 g/mol.